The predicted octanol–water partition coefficient (Wildman–Crippen LogP) is 1.58. The zero-order valence-electron chi connectivity index (χ0n) is 12.2. The topological polar surface area (TPSA) is 46.0 Å². The molecule has 1 aliphatic carbocycles. The van der Waals surface area contributed by atoms with Gasteiger partial charge in [0.2, 0.25) is 0 Å². The Morgan fingerprint density at radius 3 is 2.71 bits per heavy atom. The summed E-state index contributed by atoms with van der Waals surface area (Å²) in [4.78, 5) is 6.88. The van der Waals surface area contributed by atoms with Crippen molar-refractivity contribution >= 4 is 24.8 Å². The fourth-order valence-corrected chi connectivity index (χ4v) is 3.95. The molecule has 3 fully saturated rings. The number of likely N-dealkylation sites (tertiary alicyclic amines) is 1. The number of piperidine rings is 1. The first-order valence-electron chi connectivity index (χ1n) is 7.69. The normalized spacial score (nSPS) is 32.1. The molecule has 5 nitrogen and oxygen atoms in total. The Morgan fingerprint density at radius 2 is 2.00 bits per heavy atom. The van der Waals surface area contributed by atoms with Gasteiger partial charge in [0.25, 0.3) is 0 Å². The molecule has 21 heavy (non-hydrogen) atoms. The van der Waals surface area contributed by atoms with Crippen LogP contribution < -0.4 is 5.32 Å². The highest BCUT2D eigenvalue weighted by Gasteiger charge is 2.43. The van der Waals surface area contributed by atoms with Crippen molar-refractivity contribution in [2.45, 2.75) is 44.3 Å². The van der Waals surface area contributed by atoms with Crippen LogP contribution in [0.15, 0.2) is 12.7 Å². The van der Waals surface area contributed by atoms with Gasteiger partial charge in [0.05, 0.1) is 6.54 Å². The van der Waals surface area contributed by atoms with Crippen LogP contribution in [-0.2, 0) is 6.54 Å². The van der Waals surface area contributed by atoms with E-state index in [9.17, 15) is 0 Å². The molecule has 2 saturated heterocycles. The van der Waals surface area contributed by atoms with E-state index in [1.165, 1.54) is 45.3 Å². The van der Waals surface area contributed by atoms with Gasteiger partial charge in [-0.15, -0.1) is 24.8 Å². The summed E-state index contributed by atoms with van der Waals surface area (Å²) >= 11 is 0. The van der Waals surface area contributed by atoms with Gasteiger partial charge in [-0.25, -0.2) is 4.98 Å². The molecule has 0 unspecified atom stereocenters. The van der Waals surface area contributed by atoms with Gasteiger partial charge in [0, 0.05) is 18.6 Å². The maximum atomic E-state index is 4.29. The van der Waals surface area contributed by atoms with Crippen LogP contribution in [0.1, 0.15) is 25.7 Å². The fourth-order valence-electron chi connectivity index (χ4n) is 3.95. The molecule has 3 atom stereocenters. The van der Waals surface area contributed by atoms with Crippen LogP contribution in [-0.4, -0.2) is 51.4 Å². The number of nitrogens with zero attached hydrogens (tertiary/aromatic N) is 4. The number of hydrogen-bond acceptors (Lipinski definition) is 4. The highest BCUT2D eigenvalue weighted by molar-refractivity contribution is 5.85. The van der Waals surface area contributed by atoms with Crippen LogP contribution in [0.4, 0.5) is 0 Å². The van der Waals surface area contributed by atoms with Crippen molar-refractivity contribution in [1.82, 2.24) is 25.0 Å². The van der Waals surface area contributed by atoms with Gasteiger partial charge in [0.15, 0.2) is 0 Å². The molecule has 1 aromatic rings. The Bertz CT molecular complexity index is 423. The number of rotatable bonds is 4. The number of nitrogens with one attached hydrogen (secondary N) is 1. The summed E-state index contributed by atoms with van der Waals surface area (Å²) in [5.74, 6) is 1.83. The summed E-state index contributed by atoms with van der Waals surface area (Å²) in [6, 6.07) is 1.48. The standard InChI is InChI=1S/C14H23N5.2ClH/c1-2-11(1)7-19-13(8-18-10-16-9-17-18)5-12-6-15-4-3-14(12)19;;/h9-15H,1-8H2;2*1H/t12-,13+,14+;;/m1../s1. The average Bonchev–Trinajstić information content (AvgIpc) is 2.98. The molecule has 0 aromatic carbocycles. The van der Waals surface area contributed by atoms with Gasteiger partial charge in [-0.3, -0.25) is 9.58 Å². The zero-order valence-corrected chi connectivity index (χ0v) is 13.9. The van der Waals surface area contributed by atoms with E-state index in [4.69, 9.17) is 0 Å². The van der Waals surface area contributed by atoms with Crippen molar-refractivity contribution in [3.8, 4) is 0 Å². The van der Waals surface area contributed by atoms with E-state index >= 15 is 0 Å². The van der Waals surface area contributed by atoms with E-state index in [0.717, 1.165) is 24.4 Å². The van der Waals surface area contributed by atoms with E-state index < -0.39 is 0 Å². The molecule has 1 aromatic heterocycles. The van der Waals surface area contributed by atoms with E-state index in [0.29, 0.717) is 6.04 Å². The molecule has 0 amide bonds. The Kier molecular flexibility index (Phi) is 5.88. The van der Waals surface area contributed by atoms with Crippen molar-refractivity contribution in [3.63, 3.8) is 0 Å². The van der Waals surface area contributed by atoms with Gasteiger partial charge >= 0.3 is 0 Å². The van der Waals surface area contributed by atoms with E-state index in [2.05, 4.69) is 20.3 Å². The maximum absolute atomic E-state index is 4.29. The quantitative estimate of drug-likeness (QED) is 0.908. The smallest absolute Gasteiger partial charge is 0.137 e. The SMILES string of the molecule is Cl.Cl.c1ncn(C[C@@H]2C[C@@H]3CNCC[C@@H]3N2CC2CC2)n1. The maximum Gasteiger partial charge on any atom is 0.137 e. The third-order valence-corrected chi connectivity index (χ3v) is 5.07. The van der Waals surface area contributed by atoms with Crippen LogP contribution >= 0.6 is 24.8 Å². The lowest BCUT2D eigenvalue weighted by atomic mass is 9.93. The summed E-state index contributed by atoms with van der Waals surface area (Å²) in [6.07, 6.45) is 9.05. The predicted molar refractivity (Wildman–Crippen MR) is 87.1 cm³/mol. The van der Waals surface area contributed by atoms with Crippen LogP contribution in [0.5, 0.6) is 0 Å². The van der Waals surface area contributed by atoms with Crippen LogP contribution in [0.3, 0.4) is 0 Å². The van der Waals surface area contributed by atoms with Crippen molar-refractivity contribution < 1.29 is 0 Å². The average molecular weight is 334 g/mol. The van der Waals surface area contributed by atoms with Gasteiger partial charge < -0.3 is 5.32 Å². The highest BCUT2D eigenvalue weighted by atomic mass is 35.5. The second-order valence-electron chi connectivity index (χ2n) is 6.47. The monoisotopic (exact) mass is 333 g/mol. The molecule has 0 radical (unpaired) electrons. The van der Waals surface area contributed by atoms with Gasteiger partial charge in [-0.1, -0.05) is 0 Å². The first-order valence-corrected chi connectivity index (χ1v) is 7.69. The molecule has 1 saturated carbocycles. The van der Waals surface area contributed by atoms with Crippen molar-refractivity contribution in [2.75, 3.05) is 19.6 Å². The van der Waals surface area contributed by atoms with Crippen molar-refractivity contribution in [3.05, 3.63) is 12.7 Å². The van der Waals surface area contributed by atoms with E-state index in [1.54, 1.807) is 6.33 Å². The molecule has 120 valence electrons. The molecule has 0 spiro atoms. The number of halogens is 2. The molecule has 7 heteroatoms. The molecular formula is C14H25Cl2N5. The molecule has 1 N–H and O–H groups in total. The molecule has 2 aliphatic heterocycles. The van der Waals surface area contributed by atoms with Gasteiger partial charge in [-0.05, 0) is 50.6 Å². The molecule has 3 heterocycles. The summed E-state index contributed by atoms with van der Waals surface area (Å²) in [7, 11) is 0. The fraction of sp³-hybridized carbons (Fsp3) is 0.857. The molecule has 4 rings (SSSR count). The van der Waals surface area contributed by atoms with Gasteiger partial charge in [-0.2, -0.15) is 5.10 Å². The first kappa shape index (κ1) is 17.0. The second kappa shape index (κ2) is 7.27. The Labute approximate surface area is 138 Å². The summed E-state index contributed by atoms with van der Waals surface area (Å²) in [5.41, 5.74) is 0. The summed E-state index contributed by atoms with van der Waals surface area (Å²) in [5, 5.41) is 7.85. The lowest BCUT2D eigenvalue weighted by molar-refractivity contribution is 0.139. The highest BCUT2D eigenvalue weighted by Crippen LogP contribution is 2.38. The van der Waals surface area contributed by atoms with E-state index in [-0.39, 0.29) is 24.8 Å². The lowest BCUT2D eigenvalue weighted by Gasteiger charge is -2.34. The number of aromatic nitrogens is 3. The van der Waals surface area contributed by atoms with Crippen molar-refractivity contribution in [1.29, 1.82) is 0 Å². The van der Waals surface area contributed by atoms with Crippen LogP contribution in [0.25, 0.3) is 0 Å². The van der Waals surface area contributed by atoms with Crippen LogP contribution in [0.2, 0.25) is 0 Å². The minimum Gasteiger partial charge on any atom is -0.316 e. The van der Waals surface area contributed by atoms with Crippen LogP contribution in [0, 0.1) is 11.8 Å². The third-order valence-electron chi connectivity index (χ3n) is 5.07. The Hall–Kier alpha value is -0.360. The number of fused-ring (bicyclic) bond motifs is 1. The minimum absolute atomic E-state index is 0. The minimum atomic E-state index is 0. The summed E-state index contributed by atoms with van der Waals surface area (Å²) < 4.78 is 2.01. The lowest BCUT2D eigenvalue weighted by Crippen LogP contribution is -2.46. The summed E-state index contributed by atoms with van der Waals surface area (Å²) in [6.45, 7) is 4.73. The number of hydrogen-bond donors (Lipinski definition) is 1. The zero-order chi connectivity index (χ0) is 12.7. The van der Waals surface area contributed by atoms with E-state index in [1.807, 2.05) is 11.0 Å². The van der Waals surface area contributed by atoms with Gasteiger partial charge in [0.1, 0.15) is 12.7 Å². The molecule has 3 aliphatic rings. The molecule has 0 bridgehead atoms. The third kappa shape index (κ3) is 3.70. The largest absolute Gasteiger partial charge is 0.316 e. The first-order chi connectivity index (χ1) is 9.40. The van der Waals surface area contributed by atoms with Crippen molar-refractivity contribution in [2.24, 2.45) is 11.8 Å². The Balaban J connectivity index is 0.000000807. The molecular weight excluding hydrogens is 309 g/mol. The Morgan fingerprint density at radius 1 is 1.14 bits per heavy atom. The second-order valence-corrected chi connectivity index (χ2v) is 6.47.